The van der Waals surface area contributed by atoms with Crippen molar-refractivity contribution >= 4 is 5.91 Å². The number of fused-ring (bicyclic) bond motifs is 1. The van der Waals surface area contributed by atoms with Crippen LogP contribution in [-0.2, 0) is 9.53 Å². The Bertz CT molecular complexity index is 556. The minimum absolute atomic E-state index is 0.268. The van der Waals surface area contributed by atoms with E-state index in [1.807, 2.05) is 30.3 Å². The summed E-state index contributed by atoms with van der Waals surface area (Å²) in [6.45, 7) is 2.91. The van der Waals surface area contributed by atoms with Crippen molar-refractivity contribution in [3.63, 3.8) is 0 Å². The van der Waals surface area contributed by atoms with E-state index in [1.165, 1.54) is 25.7 Å². The van der Waals surface area contributed by atoms with Gasteiger partial charge < -0.3 is 14.4 Å². The third-order valence-corrected chi connectivity index (χ3v) is 6.14. The molecule has 25 heavy (non-hydrogen) atoms. The van der Waals surface area contributed by atoms with Gasteiger partial charge in [0.2, 0.25) is 5.91 Å². The molecule has 1 aromatic rings. The normalized spacial score (nSPS) is 29.1. The molecule has 3 aliphatic rings. The number of ether oxygens (including phenoxy) is 2. The number of rotatable bonds is 6. The summed E-state index contributed by atoms with van der Waals surface area (Å²) in [7, 11) is 0. The van der Waals surface area contributed by atoms with Gasteiger partial charge in [0.05, 0.1) is 12.7 Å². The molecule has 0 aromatic heterocycles. The van der Waals surface area contributed by atoms with Crippen LogP contribution in [0.15, 0.2) is 30.3 Å². The summed E-state index contributed by atoms with van der Waals surface area (Å²) in [5.74, 6) is 3.11. The van der Waals surface area contributed by atoms with Gasteiger partial charge in [-0.25, -0.2) is 0 Å². The van der Waals surface area contributed by atoms with Gasteiger partial charge >= 0.3 is 0 Å². The Kier molecular flexibility index (Phi) is 5.25. The van der Waals surface area contributed by atoms with Gasteiger partial charge in [0.25, 0.3) is 0 Å². The number of benzene rings is 1. The van der Waals surface area contributed by atoms with E-state index in [1.54, 1.807) is 0 Å². The molecule has 4 rings (SSSR count). The first-order chi connectivity index (χ1) is 12.3. The van der Waals surface area contributed by atoms with Gasteiger partial charge in [-0.05, 0) is 49.7 Å². The number of carbonyl (C=O) groups excluding carboxylic acids is 1. The van der Waals surface area contributed by atoms with Crippen LogP contribution in [0.5, 0.6) is 5.75 Å². The molecule has 0 spiro atoms. The third-order valence-electron chi connectivity index (χ3n) is 6.14. The summed E-state index contributed by atoms with van der Waals surface area (Å²) in [5.41, 5.74) is 0. The van der Waals surface area contributed by atoms with Crippen LogP contribution in [0.25, 0.3) is 0 Å². The van der Waals surface area contributed by atoms with Crippen molar-refractivity contribution in [2.75, 3.05) is 26.3 Å². The maximum atomic E-state index is 12.7. The maximum absolute atomic E-state index is 12.7. The Morgan fingerprint density at radius 1 is 0.960 bits per heavy atom. The van der Waals surface area contributed by atoms with E-state index in [4.69, 9.17) is 9.47 Å². The molecule has 2 saturated carbocycles. The molecular weight excluding hydrogens is 314 g/mol. The topological polar surface area (TPSA) is 38.8 Å². The third kappa shape index (κ3) is 4.00. The number of likely N-dealkylation sites (tertiary alicyclic amines) is 1. The Morgan fingerprint density at radius 2 is 1.64 bits per heavy atom. The molecule has 1 aliphatic heterocycles. The minimum atomic E-state index is 0.268. The molecule has 1 heterocycles. The second-order valence-electron chi connectivity index (χ2n) is 7.69. The van der Waals surface area contributed by atoms with Crippen molar-refractivity contribution in [3.05, 3.63) is 30.3 Å². The molecule has 4 heteroatoms. The van der Waals surface area contributed by atoms with Crippen molar-refractivity contribution in [3.8, 4) is 5.75 Å². The lowest BCUT2D eigenvalue weighted by atomic mass is 10.0. The van der Waals surface area contributed by atoms with Crippen molar-refractivity contribution in [2.24, 2.45) is 17.8 Å². The second-order valence-corrected chi connectivity index (χ2v) is 7.69. The molecule has 136 valence electrons. The summed E-state index contributed by atoms with van der Waals surface area (Å²) in [6.07, 6.45) is 7.39. The highest BCUT2D eigenvalue weighted by Crippen LogP contribution is 2.56. The molecule has 1 saturated heterocycles. The van der Waals surface area contributed by atoms with Crippen LogP contribution in [0.4, 0.5) is 0 Å². The Hall–Kier alpha value is -1.55. The predicted molar refractivity (Wildman–Crippen MR) is 96.4 cm³/mol. The maximum Gasteiger partial charge on any atom is 0.226 e. The van der Waals surface area contributed by atoms with E-state index in [0.717, 1.165) is 31.7 Å². The lowest BCUT2D eigenvalue weighted by Crippen LogP contribution is -2.42. The first-order valence-electron chi connectivity index (χ1n) is 9.91. The average molecular weight is 343 g/mol. The molecule has 3 fully saturated rings. The Balaban J connectivity index is 1.13. The molecule has 0 bridgehead atoms. The first-order valence-corrected chi connectivity index (χ1v) is 9.91. The Morgan fingerprint density at radius 3 is 2.32 bits per heavy atom. The van der Waals surface area contributed by atoms with Gasteiger partial charge in [-0.3, -0.25) is 4.79 Å². The van der Waals surface area contributed by atoms with E-state index < -0.39 is 0 Å². The number of nitrogens with zero attached hydrogens (tertiary/aromatic N) is 1. The van der Waals surface area contributed by atoms with E-state index in [2.05, 4.69) is 4.90 Å². The van der Waals surface area contributed by atoms with Crippen molar-refractivity contribution in [1.29, 1.82) is 0 Å². The van der Waals surface area contributed by atoms with Gasteiger partial charge in [-0.1, -0.05) is 31.0 Å². The SMILES string of the molecule is O=C(C1[C@H]2CCCC[C@H]12)N1CCC(OCCOc2ccccc2)CC1. The second kappa shape index (κ2) is 7.77. The molecule has 2 atom stereocenters. The monoisotopic (exact) mass is 343 g/mol. The van der Waals surface area contributed by atoms with Gasteiger partial charge in [0.15, 0.2) is 0 Å². The lowest BCUT2D eigenvalue weighted by Gasteiger charge is -2.32. The molecule has 4 nitrogen and oxygen atoms in total. The Labute approximate surface area is 150 Å². The summed E-state index contributed by atoms with van der Waals surface area (Å²) >= 11 is 0. The van der Waals surface area contributed by atoms with E-state index >= 15 is 0 Å². The zero-order valence-corrected chi connectivity index (χ0v) is 14.9. The van der Waals surface area contributed by atoms with E-state index in [-0.39, 0.29) is 6.10 Å². The fourth-order valence-corrected chi connectivity index (χ4v) is 4.70. The number of amides is 1. The summed E-state index contributed by atoms with van der Waals surface area (Å²) in [5, 5.41) is 0. The molecule has 0 N–H and O–H groups in total. The molecule has 0 radical (unpaired) electrons. The first kappa shape index (κ1) is 16.9. The quantitative estimate of drug-likeness (QED) is 0.742. The molecule has 1 aromatic carbocycles. The van der Waals surface area contributed by atoms with Crippen LogP contribution in [0, 0.1) is 17.8 Å². The highest BCUT2D eigenvalue weighted by atomic mass is 16.5. The lowest BCUT2D eigenvalue weighted by molar-refractivity contribution is -0.136. The highest BCUT2D eigenvalue weighted by Gasteiger charge is 2.55. The largest absolute Gasteiger partial charge is 0.491 e. The van der Waals surface area contributed by atoms with Crippen LogP contribution in [0.3, 0.4) is 0 Å². The minimum Gasteiger partial charge on any atom is -0.491 e. The summed E-state index contributed by atoms with van der Waals surface area (Å²) < 4.78 is 11.6. The van der Waals surface area contributed by atoms with Gasteiger partial charge in [-0.15, -0.1) is 0 Å². The summed E-state index contributed by atoms with van der Waals surface area (Å²) in [6, 6.07) is 9.84. The van der Waals surface area contributed by atoms with Crippen LogP contribution < -0.4 is 4.74 Å². The van der Waals surface area contributed by atoms with Gasteiger partial charge in [0.1, 0.15) is 12.4 Å². The van der Waals surface area contributed by atoms with Crippen LogP contribution in [0.1, 0.15) is 38.5 Å². The van der Waals surface area contributed by atoms with E-state index in [0.29, 0.717) is 36.9 Å². The number of hydrogen-bond donors (Lipinski definition) is 0. The fourth-order valence-electron chi connectivity index (χ4n) is 4.70. The molecule has 1 amide bonds. The molecule has 0 unspecified atom stereocenters. The molecular formula is C21H29NO3. The molecule has 2 aliphatic carbocycles. The van der Waals surface area contributed by atoms with E-state index in [9.17, 15) is 4.79 Å². The van der Waals surface area contributed by atoms with Crippen LogP contribution >= 0.6 is 0 Å². The van der Waals surface area contributed by atoms with Crippen LogP contribution in [0.2, 0.25) is 0 Å². The van der Waals surface area contributed by atoms with Crippen molar-refractivity contribution in [1.82, 2.24) is 4.90 Å². The fraction of sp³-hybridized carbons (Fsp3) is 0.667. The average Bonchev–Trinajstić information content (AvgIpc) is 3.40. The standard InChI is InChI=1S/C21H29NO3/c23-21(20-18-8-4-5-9-19(18)20)22-12-10-17(11-13-22)25-15-14-24-16-6-2-1-3-7-16/h1-3,6-7,17-20H,4-5,8-15H2/t18-,19-/m0/s1. The van der Waals surface area contributed by atoms with Crippen molar-refractivity contribution in [2.45, 2.75) is 44.6 Å². The number of piperidine rings is 1. The zero-order chi connectivity index (χ0) is 17.1. The van der Waals surface area contributed by atoms with Gasteiger partial charge in [0, 0.05) is 19.0 Å². The smallest absolute Gasteiger partial charge is 0.226 e. The number of carbonyl (C=O) groups is 1. The summed E-state index contributed by atoms with van der Waals surface area (Å²) in [4.78, 5) is 14.8. The van der Waals surface area contributed by atoms with Crippen LogP contribution in [-0.4, -0.2) is 43.2 Å². The van der Waals surface area contributed by atoms with Gasteiger partial charge in [-0.2, -0.15) is 0 Å². The predicted octanol–water partition coefficient (Wildman–Crippen LogP) is 3.51. The number of para-hydroxylation sites is 1. The highest BCUT2D eigenvalue weighted by molar-refractivity contribution is 5.82. The number of hydrogen-bond acceptors (Lipinski definition) is 3. The zero-order valence-electron chi connectivity index (χ0n) is 14.9. The van der Waals surface area contributed by atoms with Crippen molar-refractivity contribution < 1.29 is 14.3 Å².